The minimum atomic E-state index is 0.409. The number of halogens is 2. The molecule has 0 N–H and O–H groups in total. The average molecular weight is 706 g/mol. The van der Waals surface area contributed by atoms with Gasteiger partial charge in [-0.25, -0.2) is 9.97 Å². The predicted octanol–water partition coefficient (Wildman–Crippen LogP) is 11.0. The summed E-state index contributed by atoms with van der Waals surface area (Å²) in [7, 11) is 6.36. The zero-order chi connectivity index (χ0) is 34.8. The quantitative estimate of drug-likeness (QED) is 0.139. The van der Waals surface area contributed by atoms with E-state index < -0.39 is 0 Å². The minimum absolute atomic E-state index is 0.409. The Morgan fingerprint density at radius 2 is 0.800 bits per heavy atom. The molecule has 0 radical (unpaired) electrons. The van der Waals surface area contributed by atoms with Crippen LogP contribution in [0.25, 0.3) is 68.1 Å². The highest BCUT2D eigenvalue weighted by Gasteiger charge is 2.23. The lowest BCUT2D eigenvalue weighted by Gasteiger charge is -2.09. The van der Waals surface area contributed by atoms with Crippen LogP contribution in [0.3, 0.4) is 0 Å². The van der Waals surface area contributed by atoms with Crippen LogP contribution in [0, 0.1) is 0 Å². The normalized spacial score (nSPS) is 11.0. The van der Waals surface area contributed by atoms with Gasteiger partial charge in [-0.05, 0) is 72.8 Å². The molecule has 2 aromatic heterocycles. The molecule has 0 atom stereocenters. The van der Waals surface area contributed by atoms with Gasteiger partial charge in [0.05, 0.1) is 38.5 Å². The first-order valence-corrected chi connectivity index (χ1v) is 16.2. The van der Waals surface area contributed by atoms with Crippen LogP contribution in [0.5, 0.6) is 23.0 Å². The van der Waals surface area contributed by atoms with Crippen LogP contribution in [0.2, 0.25) is 10.0 Å². The fourth-order valence-electron chi connectivity index (χ4n) is 5.66. The van der Waals surface area contributed by atoms with Crippen molar-refractivity contribution in [3.05, 3.63) is 119 Å². The van der Waals surface area contributed by atoms with Gasteiger partial charge >= 0.3 is 0 Å². The molecule has 8 nitrogen and oxygen atoms in total. The second-order valence-corrected chi connectivity index (χ2v) is 11.9. The highest BCUT2D eigenvalue weighted by atomic mass is 35.5. The van der Waals surface area contributed by atoms with Crippen molar-refractivity contribution in [2.75, 3.05) is 28.4 Å². The summed E-state index contributed by atoms with van der Waals surface area (Å²) in [5.41, 5.74) is 5.65. The minimum Gasteiger partial charge on any atom is -0.493 e. The first-order chi connectivity index (χ1) is 24.4. The second-order valence-electron chi connectivity index (χ2n) is 11.1. The molecule has 2 heterocycles. The lowest BCUT2D eigenvalue weighted by Crippen LogP contribution is -1.91. The van der Waals surface area contributed by atoms with E-state index in [1.165, 1.54) is 0 Å². The summed E-state index contributed by atoms with van der Waals surface area (Å²) in [6, 6.07) is 33.8. The van der Waals surface area contributed by atoms with E-state index in [4.69, 9.17) is 61.0 Å². The van der Waals surface area contributed by atoms with E-state index in [-0.39, 0.29) is 0 Å². The van der Waals surface area contributed by atoms with Crippen LogP contribution in [0.4, 0.5) is 0 Å². The third-order valence-corrected chi connectivity index (χ3v) is 8.84. The molecule has 0 amide bonds. The summed E-state index contributed by atoms with van der Waals surface area (Å²) in [5, 5.41) is 1.10. The van der Waals surface area contributed by atoms with Crippen molar-refractivity contribution >= 4 is 23.2 Å². The molecular formula is C40H30Cl2N2O6. The fourth-order valence-corrected chi connectivity index (χ4v) is 6.11. The Kier molecular flexibility index (Phi) is 9.21. The maximum atomic E-state index is 6.65. The standard InChI is InChI=1S/C40H30Cl2N2O6/c1-45-31-19-17-25(21-33(31)47-3)37-35(27-9-5-7-11-29(27)41)43-39(49-37)23-13-15-24(16-14-23)40-44-36(28-10-6-8-12-30(28)42)38(50-40)26-18-20-32(46-2)34(22-26)48-4/h5-22H,1-4H3. The van der Waals surface area contributed by atoms with Gasteiger partial charge in [0.25, 0.3) is 0 Å². The molecule has 10 heteroatoms. The van der Waals surface area contributed by atoms with Crippen LogP contribution in [-0.4, -0.2) is 38.4 Å². The molecule has 5 aromatic carbocycles. The van der Waals surface area contributed by atoms with Crippen LogP contribution < -0.4 is 18.9 Å². The van der Waals surface area contributed by atoms with Crippen molar-refractivity contribution in [2.24, 2.45) is 0 Å². The summed E-state index contributed by atoms with van der Waals surface area (Å²) in [5.74, 6) is 4.22. The van der Waals surface area contributed by atoms with Crippen LogP contribution in [-0.2, 0) is 0 Å². The summed E-state index contributed by atoms with van der Waals surface area (Å²) in [4.78, 5) is 9.85. The first kappa shape index (κ1) is 32.8. The molecule has 7 rings (SSSR count). The lowest BCUT2D eigenvalue weighted by atomic mass is 10.1. The smallest absolute Gasteiger partial charge is 0.227 e. The van der Waals surface area contributed by atoms with E-state index in [0.717, 1.165) is 33.4 Å². The Bertz CT molecular complexity index is 2150. The Labute approximate surface area is 298 Å². The van der Waals surface area contributed by atoms with Crippen molar-refractivity contribution in [1.82, 2.24) is 9.97 Å². The third kappa shape index (κ3) is 6.15. The zero-order valence-corrected chi connectivity index (χ0v) is 29.0. The summed E-state index contributed by atoms with van der Waals surface area (Å²) in [6.45, 7) is 0. The van der Waals surface area contributed by atoms with E-state index in [2.05, 4.69) is 0 Å². The number of nitrogens with zero attached hydrogens (tertiary/aromatic N) is 2. The Morgan fingerprint density at radius 1 is 0.440 bits per heavy atom. The van der Waals surface area contributed by atoms with Gasteiger partial charge in [0, 0.05) is 33.4 Å². The molecule has 0 unspecified atom stereocenters. The molecule has 0 bridgehead atoms. The van der Waals surface area contributed by atoms with Gasteiger partial charge in [0.2, 0.25) is 11.8 Å². The molecule has 50 heavy (non-hydrogen) atoms. The van der Waals surface area contributed by atoms with Crippen molar-refractivity contribution < 1.29 is 27.8 Å². The Balaban J connectivity index is 1.30. The number of rotatable bonds is 10. The molecule has 0 spiro atoms. The topological polar surface area (TPSA) is 89.0 Å². The summed E-state index contributed by atoms with van der Waals surface area (Å²) < 4.78 is 34.9. The number of benzene rings is 5. The van der Waals surface area contributed by atoms with E-state index >= 15 is 0 Å². The number of hydrogen-bond donors (Lipinski definition) is 0. The monoisotopic (exact) mass is 704 g/mol. The van der Waals surface area contributed by atoms with Gasteiger partial charge in [-0.3, -0.25) is 0 Å². The Morgan fingerprint density at radius 3 is 1.16 bits per heavy atom. The van der Waals surface area contributed by atoms with Gasteiger partial charge in [-0.2, -0.15) is 0 Å². The molecule has 0 aliphatic carbocycles. The third-order valence-electron chi connectivity index (χ3n) is 8.18. The fraction of sp³-hybridized carbons (Fsp3) is 0.100. The highest BCUT2D eigenvalue weighted by Crippen LogP contribution is 2.43. The van der Waals surface area contributed by atoms with Crippen molar-refractivity contribution in [3.63, 3.8) is 0 Å². The number of hydrogen-bond acceptors (Lipinski definition) is 8. The average Bonchev–Trinajstić information content (AvgIpc) is 3.81. The summed E-state index contributed by atoms with van der Waals surface area (Å²) in [6.07, 6.45) is 0. The molecule has 0 saturated heterocycles. The van der Waals surface area contributed by atoms with E-state index in [9.17, 15) is 0 Å². The second kappa shape index (κ2) is 14.0. The number of ether oxygens (including phenoxy) is 4. The van der Waals surface area contributed by atoms with Crippen LogP contribution in [0.15, 0.2) is 118 Å². The number of aromatic nitrogens is 2. The van der Waals surface area contributed by atoms with Crippen LogP contribution in [0.1, 0.15) is 0 Å². The number of methoxy groups -OCH3 is 4. The van der Waals surface area contributed by atoms with E-state index in [1.54, 1.807) is 28.4 Å². The lowest BCUT2D eigenvalue weighted by molar-refractivity contribution is 0.355. The number of oxazole rings is 2. The van der Waals surface area contributed by atoms with Crippen molar-refractivity contribution in [1.29, 1.82) is 0 Å². The SMILES string of the molecule is COc1ccc(-c2oc(-c3ccc(-c4nc(-c5ccccc5Cl)c(-c5ccc(OC)c(OC)c5)o4)cc3)nc2-c2ccccc2Cl)cc1OC. The van der Waals surface area contributed by atoms with Gasteiger partial charge in [-0.1, -0.05) is 59.6 Å². The first-order valence-electron chi connectivity index (χ1n) is 15.5. The molecule has 0 aliphatic rings. The van der Waals surface area contributed by atoms with Crippen molar-refractivity contribution in [2.45, 2.75) is 0 Å². The summed E-state index contributed by atoms with van der Waals surface area (Å²) >= 11 is 13.3. The van der Waals surface area contributed by atoms with Gasteiger partial charge < -0.3 is 27.8 Å². The molecule has 0 saturated carbocycles. The predicted molar refractivity (Wildman–Crippen MR) is 195 cm³/mol. The largest absolute Gasteiger partial charge is 0.493 e. The van der Waals surface area contributed by atoms with Gasteiger partial charge in [-0.15, -0.1) is 0 Å². The zero-order valence-electron chi connectivity index (χ0n) is 27.5. The Hall–Kier alpha value is -5.70. The van der Waals surface area contributed by atoms with Gasteiger partial charge in [0.1, 0.15) is 11.4 Å². The molecular weight excluding hydrogens is 675 g/mol. The van der Waals surface area contributed by atoms with Gasteiger partial charge in [0.15, 0.2) is 34.5 Å². The van der Waals surface area contributed by atoms with Crippen LogP contribution >= 0.6 is 23.2 Å². The maximum Gasteiger partial charge on any atom is 0.227 e. The van der Waals surface area contributed by atoms with Crippen molar-refractivity contribution in [3.8, 4) is 91.1 Å². The highest BCUT2D eigenvalue weighted by molar-refractivity contribution is 6.33. The molecule has 250 valence electrons. The molecule has 0 fully saturated rings. The van der Waals surface area contributed by atoms with E-state index in [1.807, 2.05) is 109 Å². The maximum absolute atomic E-state index is 6.65. The molecule has 0 aliphatic heterocycles. The van der Waals surface area contributed by atoms with E-state index in [0.29, 0.717) is 67.7 Å². The molecule has 7 aromatic rings.